The van der Waals surface area contributed by atoms with Gasteiger partial charge in [-0.05, 0) is 48.5 Å². The van der Waals surface area contributed by atoms with Gasteiger partial charge in [0.05, 0.1) is 29.1 Å². The van der Waals surface area contributed by atoms with E-state index in [4.69, 9.17) is 16.3 Å². The van der Waals surface area contributed by atoms with Crippen molar-refractivity contribution < 1.29 is 40.6 Å². The Bertz CT molecular complexity index is 1430. The minimum atomic E-state index is -4.77. The van der Waals surface area contributed by atoms with Crippen LogP contribution in [0.5, 0.6) is 5.75 Å². The first-order valence-corrected chi connectivity index (χ1v) is 12.6. The molecule has 3 aromatic rings. The first kappa shape index (κ1) is 26.6. The molecule has 4 rings (SSSR count). The van der Waals surface area contributed by atoms with Crippen LogP contribution in [0, 0.1) is 5.82 Å². The molecule has 1 aliphatic heterocycles. The largest absolute Gasteiger partial charge is 0.486 e. The van der Waals surface area contributed by atoms with Crippen LogP contribution in [0.2, 0.25) is 5.02 Å². The second kappa shape index (κ2) is 10.1. The van der Waals surface area contributed by atoms with E-state index in [9.17, 15) is 35.9 Å². The Kier molecular flexibility index (Phi) is 7.24. The number of rotatable bonds is 7. The number of halogens is 5. The monoisotopic (exact) mass is 558 g/mol. The van der Waals surface area contributed by atoms with Crippen LogP contribution in [-0.4, -0.2) is 32.1 Å². The number of anilines is 2. The van der Waals surface area contributed by atoms with Crippen molar-refractivity contribution in [3.63, 3.8) is 0 Å². The minimum Gasteiger partial charge on any atom is -0.486 e. The van der Waals surface area contributed by atoms with Crippen LogP contribution in [-0.2, 0) is 27.5 Å². The van der Waals surface area contributed by atoms with E-state index in [1.54, 1.807) is 0 Å². The lowest BCUT2D eigenvalue weighted by Crippen LogP contribution is -2.44. The number of fused-ring (bicyclic) bond motifs is 1. The average Bonchev–Trinajstić information content (AvgIpc) is 2.82. The first-order chi connectivity index (χ1) is 17.4. The van der Waals surface area contributed by atoms with Crippen LogP contribution in [0.1, 0.15) is 17.5 Å². The molecule has 0 aliphatic carbocycles. The van der Waals surface area contributed by atoms with E-state index >= 15 is 0 Å². The fraction of sp³-hybridized carbons (Fsp3) is 0.208. The number of nitrogens with one attached hydrogen (secondary N) is 1. The molecule has 7 nitrogen and oxygen atoms in total. The Morgan fingerprint density at radius 3 is 2.54 bits per heavy atom. The zero-order chi connectivity index (χ0) is 27.0. The minimum absolute atomic E-state index is 0.0162. The summed E-state index contributed by atoms with van der Waals surface area (Å²) in [5, 5.41) is 12.3. The molecule has 0 aromatic heterocycles. The maximum atomic E-state index is 14.1. The lowest BCUT2D eigenvalue weighted by atomic mass is 10.1. The average molecular weight is 559 g/mol. The number of hydrogen-bond donors (Lipinski definition) is 2. The molecule has 0 radical (unpaired) electrons. The molecule has 0 amide bonds. The summed E-state index contributed by atoms with van der Waals surface area (Å²) in [4.78, 5) is 10.6. The number of aliphatic carboxylic acids is 1. The van der Waals surface area contributed by atoms with Crippen molar-refractivity contribution in [3.05, 3.63) is 82.6 Å². The van der Waals surface area contributed by atoms with Crippen LogP contribution >= 0.6 is 11.6 Å². The van der Waals surface area contributed by atoms with Crippen molar-refractivity contribution in [3.8, 4) is 5.75 Å². The highest BCUT2D eigenvalue weighted by molar-refractivity contribution is 7.92. The van der Waals surface area contributed by atoms with Crippen LogP contribution in [0.25, 0.3) is 0 Å². The Hall–Kier alpha value is -3.51. The third-order valence-electron chi connectivity index (χ3n) is 5.57. The lowest BCUT2D eigenvalue weighted by molar-refractivity contribution is -0.139. The number of hydrogen-bond acceptors (Lipinski definition) is 5. The molecule has 3 aromatic carbocycles. The normalized spacial score (nSPS) is 15.6. The van der Waals surface area contributed by atoms with Gasteiger partial charge in [0, 0.05) is 22.8 Å². The van der Waals surface area contributed by atoms with Gasteiger partial charge in [0.25, 0.3) is 10.0 Å². The van der Waals surface area contributed by atoms with Crippen molar-refractivity contribution in [2.24, 2.45) is 0 Å². The number of carbonyl (C=O) groups is 1. The summed E-state index contributed by atoms with van der Waals surface area (Å²) in [5.41, 5.74) is -0.666. The highest BCUT2D eigenvalue weighted by Crippen LogP contribution is 2.40. The van der Waals surface area contributed by atoms with Gasteiger partial charge in [-0.25, -0.2) is 12.8 Å². The van der Waals surface area contributed by atoms with Gasteiger partial charge in [0.15, 0.2) is 0 Å². The van der Waals surface area contributed by atoms with Gasteiger partial charge in [0.2, 0.25) is 0 Å². The molecule has 0 saturated carbocycles. The van der Waals surface area contributed by atoms with Gasteiger partial charge < -0.3 is 15.2 Å². The first-order valence-electron chi connectivity index (χ1n) is 10.8. The highest BCUT2D eigenvalue weighted by atomic mass is 35.5. The summed E-state index contributed by atoms with van der Waals surface area (Å²) in [5.74, 6) is -1.78. The Balaban J connectivity index is 1.72. The van der Waals surface area contributed by atoms with Crippen molar-refractivity contribution in [2.75, 3.05) is 16.2 Å². The van der Waals surface area contributed by atoms with E-state index in [-0.39, 0.29) is 28.6 Å². The number of ether oxygens (including phenoxy) is 1. The molecular formula is C24H19ClF4N2O5S. The lowest BCUT2D eigenvalue weighted by Gasteiger charge is -2.35. The number of carboxylic acid groups (broad SMARTS) is 1. The molecule has 2 N–H and O–H groups in total. The zero-order valence-corrected chi connectivity index (χ0v) is 20.4. The summed E-state index contributed by atoms with van der Waals surface area (Å²) < 4.78 is 87.3. The number of sulfonamides is 1. The Morgan fingerprint density at radius 1 is 1.14 bits per heavy atom. The molecule has 1 atom stereocenters. The van der Waals surface area contributed by atoms with Crippen LogP contribution in [0.4, 0.5) is 28.9 Å². The molecule has 196 valence electrons. The van der Waals surface area contributed by atoms with Crippen molar-refractivity contribution >= 4 is 39.0 Å². The molecule has 37 heavy (non-hydrogen) atoms. The smallest absolute Gasteiger partial charge is 0.416 e. The Morgan fingerprint density at radius 2 is 1.86 bits per heavy atom. The second-order valence-corrected chi connectivity index (χ2v) is 10.4. The number of carboxylic acids is 1. The molecule has 13 heteroatoms. The van der Waals surface area contributed by atoms with Gasteiger partial charge in [-0.3, -0.25) is 9.10 Å². The molecule has 1 heterocycles. The van der Waals surface area contributed by atoms with Gasteiger partial charge in [-0.2, -0.15) is 13.2 Å². The molecule has 0 spiro atoms. The molecule has 0 fully saturated rings. The summed E-state index contributed by atoms with van der Waals surface area (Å²) in [6.45, 7) is -0.506. The maximum Gasteiger partial charge on any atom is 0.416 e. The van der Waals surface area contributed by atoms with E-state index in [2.05, 4.69) is 5.32 Å². The van der Waals surface area contributed by atoms with Gasteiger partial charge in [-0.15, -0.1) is 0 Å². The Labute approximate surface area is 214 Å². The maximum absolute atomic E-state index is 14.1. The van der Waals surface area contributed by atoms with Gasteiger partial charge >= 0.3 is 12.1 Å². The second-order valence-electron chi connectivity index (χ2n) is 8.14. The standard InChI is InChI=1S/C24H19ClF4N2O5S/c25-19-5-2-6-20(26)18(19)12-30-15-7-8-22-21(10-15)31(13-16(36-22)11-23(32)33)37(34,35)17-4-1-3-14(9-17)24(27,28)29/h1-10,16,30H,11-13H2,(H,32,33)/t16-/m0/s1. The third-order valence-corrected chi connectivity index (χ3v) is 7.70. The number of alkyl halides is 3. The van der Waals surface area contributed by atoms with E-state index < -0.39 is 57.5 Å². The summed E-state index contributed by atoms with van der Waals surface area (Å²) >= 11 is 6.05. The van der Waals surface area contributed by atoms with Crippen molar-refractivity contribution in [1.82, 2.24) is 0 Å². The van der Waals surface area contributed by atoms with Crippen LogP contribution in [0.3, 0.4) is 0 Å². The third kappa shape index (κ3) is 5.75. The molecule has 0 bridgehead atoms. The van der Waals surface area contributed by atoms with Gasteiger partial charge in [0.1, 0.15) is 17.7 Å². The highest BCUT2D eigenvalue weighted by Gasteiger charge is 2.37. The van der Waals surface area contributed by atoms with Gasteiger partial charge in [-0.1, -0.05) is 23.7 Å². The summed E-state index contributed by atoms with van der Waals surface area (Å²) in [6.07, 6.45) is -6.41. The summed E-state index contributed by atoms with van der Waals surface area (Å²) in [6, 6.07) is 11.7. The molecule has 1 aliphatic rings. The quantitative estimate of drug-likeness (QED) is 0.370. The number of nitrogens with zero attached hydrogens (tertiary/aromatic N) is 1. The zero-order valence-electron chi connectivity index (χ0n) is 18.8. The predicted octanol–water partition coefficient (Wildman–Crippen LogP) is 5.54. The topological polar surface area (TPSA) is 95.9 Å². The number of benzene rings is 3. The fourth-order valence-electron chi connectivity index (χ4n) is 3.80. The van der Waals surface area contributed by atoms with E-state index in [1.807, 2.05) is 0 Å². The van der Waals surface area contributed by atoms with E-state index in [0.29, 0.717) is 11.8 Å². The predicted molar refractivity (Wildman–Crippen MR) is 128 cm³/mol. The molecule has 0 unspecified atom stereocenters. The van der Waals surface area contributed by atoms with Crippen LogP contribution < -0.4 is 14.4 Å². The van der Waals surface area contributed by atoms with E-state index in [1.165, 1.54) is 36.4 Å². The fourth-order valence-corrected chi connectivity index (χ4v) is 5.58. The molecule has 0 saturated heterocycles. The van der Waals surface area contributed by atoms with Crippen molar-refractivity contribution in [2.45, 2.75) is 30.1 Å². The van der Waals surface area contributed by atoms with Crippen molar-refractivity contribution in [1.29, 1.82) is 0 Å². The molecular weight excluding hydrogens is 540 g/mol. The van der Waals surface area contributed by atoms with Crippen LogP contribution in [0.15, 0.2) is 65.6 Å². The van der Waals surface area contributed by atoms with E-state index in [0.717, 1.165) is 22.5 Å². The SMILES string of the molecule is O=C(O)C[C@H]1CN(S(=O)(=O)c2cccc(C(F)(F)F)c2)c2cc(NCc3c(F)cccc3Cl)ccc2O1. The summed E-state index contributed by atoms with van der Waals surface area (Å²) in [7, 11) is -4.57.